The van der Waals surface area contributed by atoms with E-state index < -0.39 is 0 Å². The molecule has 1 amide bonds. The van der Waals surface area contributed by atoms with Gasteiger partial charge in [0, 0.05) is 16.7 Å². The Morgan fingerprint density at radius 3 is 2.95 bits per heavy atom. The summed E-state index contributed by atoms with van der Waals surface area (Å²) in [5.74, 6) is 0.0619. The minimum Gasteiger partial charge on any atom is -0.310 e. The third-order valence-corrected chi connectivity index (χ3v) is 4.36. The molecule has 0 fully saturated rings. The van der Waals surface area contributed by atoms with Crippen molar-refractivity contribution in [3.05, 3.63) is 40.4 Å². The van der Waals surface area contributed by atoms with Gasteiger partial charge in [-0.15, -0.1) is 0 Å². The van der Waals surface area contributed by atoms with E-state index in [-0.39, 0.29) is 11.9 Å². The summed E-state index contributed by atoms with van der Waals surface area (Å²) in [5.41, 5.74) is 3.41. The van der Waals surface area contributed by atoms with Crippen molar-refractivity contribution in [2.45, 2.75) is 32.7 Å². The van der Waals surface area contributed by atoms with Gasteiger partial charge in [-0.3, -0.25) is 4.79 Å². The van der Waals surface area contributed by atoms with Crippen molar-refractivity contribution in [1.82, 2.24) is 14.8 Å². The minimum atomic E-state index is -0.346. The number of aromatic nitrogens is 3. The molecule has 1 aliphatic rings. The smallest absolute Gasteiger partial charge is 0.251 e. The predicted molar refractivity (Wildman–Crippen MR) is 84.3 cm³/mol. The molecule has 0 bridgehead atoms. The first kappa shape index (κ1) is 14.3. The lowest BCUT2D eigenvalue weighted by atomic mass is 9.97. The van der Waals surface area contributed by atoms with Crippen LogP contribution in [0.25, 0.3) is 0 Å². The van der Waals surface area contributed by atoms with Gasteiger partial charge in [0.05, 0.1) is 0 Å². The number of fused-ring (bicyclic) bond motifs is 1. The van der Waals surface area contributed by atoms with Gasteiger partial charge in [0.2, 0.25) is 0 Å². The van der Waals surface area contributed by atoms with Crippen LogP contribution in [0.2, 0.25) is 0 Å². The fourth-order valence-corrected chi connectivity index (χ4v) is 3.52. The van der Waals surface area contributed by atoms with Crippen LogP contribution >= 0.6 is 15.9 Å². The Hall–Kier alpha value is -1.69. The summed E-state index contributed by atoms with van der Waals surface area (Å²) in [4.78, 5) is 18.6. The van der Waals surface area contributed by atoms with Crippen molar-refractivity contribution in [3.63, 3.8) is 0 Å². The first-order chi connectivity index (χ1) is 10.1. The molecule has 110 valence electrons. The standard InChI is InChI=1S/C15H17BrN4O/c1-10-6-13(16)7-12-4-3-5-19(14(10)12)15(21)11(2)20-9-17-8-18-20/h6-9,11H,3-5H2,1-2H3. The molecule has 0 spiro atoms. The average molecular weight is 349 g/mol. The number of hydrogen-bond acceptors (Lipinski definition) is 3. The molecule has 2 aromatic rings. The van der Waals surface area contributed by atoms with Crippen LogP contribution in [0, 0.1) is 6.92 Å². The van der Waals surface area contributed by atoms with Gasteiger partial charge in [-0.05, 0) is 49.9 Å². The number of carbonyl (C=O) groups is 1. The zero-order valence-electron chi connectivity index (χ0n) is 12.1. The molecule has 0 radical (unpaired) electrons. The summed E-state index contributed by atoms with van der Waals surface area (Å²) < 4.78 is 2.67. The fraction of sp³-hybridized carbons (Fsp3) is 0.400. The van der Waals surface area contributed by atoms with Gasteiger partial charge >= 0.3 is 0 Å². The summed E-state index contributed by atoms with van der Waals surface area (Å²) in [5, 5.41) is 4.08. The molecule has 6 heteroatoms. The highest BCUT2D eigenvalue weighted by molar-refractivity contribution is 9.10. The lowest BCUT2D eigenvalue weighted by Crippen LogP contribution is -2.40. The number of halogens is 1. The number of nitrogens with zero attached hydrogens (tertiary/aromatic N) is 4. The second-order valence-electron chi connectivity index (χ2n) is 5.38. The van der Waals surface area contributed by atoms with E-state index >= 15 is 0 Å². The van der Waals surface area contributed by atoms with Crippen molar-refractivity contribution >= 4 is 27.5 Å². The number of benzene rings is 1. The van der Waals surface area contributed by atoms with E-state index in [4.69, 9.17) is 0 Å². The molecule has 0 N–H and O–H groups in total. The number of hydrogen-bond donors (Lipinski definition) is 0. The first-order valence-corrected chi connectivity index (χ1v) is 7.81. The zero-order valence-corrected chi connectivity index (χ0v) is 13.7. The van der Waals surface area contributed by atoms with Crippen LogP contribution in [0.5, 0.6) is 0 Å². The van der Waals surface area contributed by atoms with Gasteiger partial charge in [-0.2, -0.15) is 5.10 Å². The van der Waals surface area contributed by atoms with E-state index in [1.165, 1.54) is 11.9 Å². The highest BCUT2D eigenvalue weighted by Crippen LogP contribution is 2.34. The zero-order chi connectivity index (χ0) is 15.0. The van der Waals surface area contributed by atoms with E-state index in [2.05, 4.69) is 45.1 Å². The summed E-state index contributed by atoms with van der Waals surface area (Å²) in [6.07, 6.45) is 5.04. The third-order valence-electron chi connectivity index (χ3n) is 3.90. The molecule has 0 saturated carbocycles. The Balaban J connectivity index is 1.97. The molecule has 2 heterocycles. The van der Waals surface area contributed by atoms with Crippen LogP contribution in [0.15, 0.2) is 29.3 Å². The number of amides is 1. The van der Waals surface area contributed by atoms with E-state index in [0.29, 0.717) is 0 Å². The Kier molecular flexibility index (Phi) is 3.80. The van der Waals surface area contributed by atoms with Gasteiger partial charge in [-0.25, -0.2) is 9.67 Å². The lowest BCUT2D eigenvalue weighted by molar-refractivity contribution is -0.121. The third kappa shape index (κ3) is 2.60. The second-order valence-corrected chi connectivity index (χ2v) is 6.29. The van der Waals surface area contributed by atoms with E-state index in [1.807, 2.05) is 11.8 Å². The molecular weight excluding hydrogens is 332 g/mol. The largest absolute Gasteiger partial charge is 0.310 e. The summed E-state index contributed by atoms with van der Waals surface area (Å²) in [6.45, 7) is 4.67. The molecule has 3 rings (SSSR count). The topological polar surface area (TPSA) is 51.0 Å². The monoisotopic (exact) mass is 348 g/mol. The molecule has 1 atom stereocenters. The van der Waals surface area contributed by atoms with Crippen LogP contribution in [0.1, 0.15) is 30.5 Å². The maximum absolute atomic E-state index is 12.8. The molecule has 1 aliphatic heterocycles. The van der Waals surface area contributed by atoms with Crippen LogP contribution in [-0.2, 0) is 11.2 Å². The molecule has 1 aromatic carbocycles. The van der Waals surface area contributed by atoms with Gasteiger partial charge in [0.15, 0.2) is 0 Å². The summed E-state index contributed by atoms with van der Waals surface area (Å²) >= 11 is 3.53. The highest BCUT2D eigenvalue weighted by Gasteiger charge is 2.28. The molecule has 1 aromatic heterocycles. The van der Waals surface area contributed by atoms with Crippen LogP contribution in [0.3, 0.4) is 0 Å². The molecule has 0 saturated heterocycles. The Morgan fingerprint density at radius 1 is 1.43 bits per heavy atom. The molecule has 5 nitrogen and oxygen atoms in total. The van der Waals surface area contributed by atoms with Gasteiger partial charge in [0.1, 0.15) is 18.7 Å². The average Bonchev–Trinajstić information content (AvgIpc) is 2.98. The van der Waals surface area contributed by atoms with Crippen LogP contribution < -0.4 is 4.90 Å². The maximum atomic E-state index is 12.8. The maximum Gasteiger partial charge on any atom is 0.251 e. The SMILES string of the molecule is Cc1cc(Br)cc2c1N(C(=O)C(C)n1cncn1)CCC2. The molecule has 21 heavy (non-hydrogen) atoms. The second kappa shape index (κ2) is 5.60. The predicted octanol–water partition coefficient (Wildman–Crippen LogP) is 2.89. The minimum absolute atomic E-state index is 0.0619. The number of anilines is 1. The lowest BCUT2D eigenvalue weighted by Gasteiger charge is -2.33. The number of aryl methyl sites for hydroxylation is 2. The van der Waals surface area contributed by atoms with E-state index in [9.17, 15) is 4.79 Å². The molecule has 1 unspecified atom stereocenters. The molecular formula is C15H17BrN4O. The van der Waals surface area contributed by atoms with Gasteiger partial charge in [-0.1, -0.05) is 15.9 Å². The van der Waals surface area contributed by atoms with Crippen LogP contribution in [-0.4, -0.2) is 27.2 Å². The summed E-state index contributed by atoms with van der Waals surface area (Å²) in [6, 6.07) is 3.83. The first-order valence-electron chi connectivity index (χ1n) is 7.02. The van der Waals surface area contributed by atoms with E-state index in [1.54, 1.807) is 11.0 Å². The quantitative estimate of drug-likeness (QED) is 0.838. The van der Waals surface area contributed by atoms with Crippen LogP contribution in [0.4, 0.5) is 5.69 Å². The highest BCUT2D eigenvalue weighted by atomic mass is 79.9. The van der Waals surface area contributed by atoms with E-state index in [0.717, 1.165) is 35.1 Å². The van der Waals surface area contributed by atoms with Crippen molar-refractivity contribution < 1.29 is 4.79 Å². The fourth-order valence-electron chi connectivity index (χ4n) is 2.90. The van der Waals surface area contributed by atoms with Crippen molar-refractivity contribution in [1.29, 1.82) is 0 Å². The van der Waals surface area contributed by atoms with Crippen molar-refractivity contribution in [2.75, 3.05) is 11.4 Å². The Bertz CT molecular complexity index is 669. The van der Waals surface area contributed by atoms with Crippen molar-refractivity contribution in [3.8, 4) is 0 Å². The summed E-state index contributed by atoms with van der Waals surface area (Å²) in [7, 11) is 0. The van der Waals surface area contributed by atoms with Gasteiger partial charge in [0.25, 0.3) is 5.91 Å². The molecule has 0 aliphatic carbocycles. The Morgan fingerprint density at radius 2 is 2.24 bits per heavy atom. The normalized spacial score (nSPS) is 15.7. The van der Waals surface area contributed by atoms with Gasteiger partial charge < -0.3 is 4.90 Å². The Labute approximate surface area is 132 Å². The number of carbonyl (C=O) groups excluding carboxylic acids is 1. The number of rotatable bonds is 2. The van der Waals surface area contributed by atoms with Crippen molar-refractivity contribution in [2.24, 2.45) is 0 Å².